The van der Waals surface area contributed by atoms with Gasteiger partial charge in [-0.05, 0) is 32.4 Å². The highest BCUT2D eigenvalue weighted by Gasteiger charge is 2.23. The molecule has 1 N–H and O–H groups in total. The average molecular weight is 207 g/mol. The van der Waals surface area contributed by atoms with E-state index in [2.05, 4.69) is 24.4 Å². The van der Waals surface area contributed by atoms with Crippen LogP contribution in [0.4, 0.5) is 0 Å². The van der Waals surface area contributed by atoms with Gasteiger partial charge in [-0.15, -0.1) is 0 Å². The molecular weight excluding hydrogens is 186 g/mol. The van der Waals surface area contributed by atoms with Crippen LogP contribution >= 0.6 is 0 Å². The van der Waals surface area contributed by atoms with Crippen molar-refractivity contribution in [3.63, 3.8) is 0 Å². The molecule has 1 heterocycles. The van der Waals surface area contributed by atoms with Crippen molar-refractivity contribution >= 4 is 0 Å². The maximum absolute atomic E-state index is 4.69. The highest BCUT2D eigenvalue weighted by molar-refractivity contribution is 5.28. The van der Waals surface area contributed by atoms with E-state index in [9.17, 15) is 0 Å². The minimum Gasteiger partial charge on any atom is -0.314 e. The first kappa shape index (κ1) is 10.7. The Labute approximate surface area is 91.9 Å². The van der Waals surface area contributed by atoms with Crippen molar-refractivity contribution in [3.05, 3.63) is 17.0 Å². The van der Waals surface area contributed by atoms with E-state index >= 15 is 0 Å². The van der Waals surface area contributed by atoms with Crippen molar-refractivity contribution in [3.8, 4) is 0 Å². The van der Waals surface area contributed by atoms with Gasteiger partial charge in [0, 0.05) is 19.5 Å². The molecule has 0 aromatic carbocycles. The quantitative estimate of drug-likeness (QED) is 0.822. The molecule has 1 aliphatic rings. The van der Waals surface area contributed by atoms with E-state index in [1.807, 2.05) is 11.7 Å². The van der Waals surface area contributed by atoms with Crippen molar-refractivity contribution in [2.45, 2.75) is 45.1 Å². The van der Waals surface area contributed by atoms with Crippen molar-refractivity contribution < 1.29 is 0 Å². The van der Waals surface area contributed by atoms with Gasteiger partial charge in [0.15, 0.2) is 0 Å². The van der Waals surface area contributed by atoms with E-state index in [-0.39, 0.29) is 0 Å². The summed E-state index contributed by atoms with van der Waals surface area (Å²) in [4.78, 5) is 0. The summed E-state index contributed by atoms with van der Waals surface area (Å²) >= 11 is 0. The Morgan fingerprint density at radius 3 is 2.67 bits per heavy atom. The summed E-state index contributed by atoms with van der Waals surface area (Å²) in [7, 11) is 4.04. The zero-order valence-electron chi connectivity index (χ0n) is 10.0. The van der Waals surface area contributed by atoms with Crippen LogP contribution in [0, 0.1) is 6.92 Å². The van der Waals surface area contributed by atoms with Crippen molar-refractivity contribution in [1.29, 1.82) is 0 Å². The van der Waals surface area contributed by atoms with Gasteiger partial charge < -0.3 is 5.32 Å². The Kier molecular flexibility index (Phi) is 3.10. The molecule has 0 saturated heterocycles. The number of nitrogens with one attached hydrogen (secondary N) is 1. The Bertz CT molecular complexity index is 335. The molecule has 1 aliphatic carbocycles. The van der Waals surface area contributed by atoms with E-state index in [4.69, 9.17) is 0 Å². The molecule has 1 fully saturated rings. The first-order valence-electron chi connectivity index (χ1n) is 5.91. The highest BCUT2D eigenvalue weighted by atomic mass is 15.3. The van der Waals surface area contributed by atoms with Crippen molar-refractivity contribution in [2.75, 3.05) is 7.05 Å². The zero-order valence-corrected chi connectivity index (χ0v) is 10.0. The lowest BCUT2D eigenvalue weighted by Gasteiger charge is -2.06. The van der Waals surface area contributed by atoms with Crippen LogP contribution in [0.5, 0.6) is 0 Å². The van der Waals surface area contributed by atoms with Crippen molar-refractivity contribution in [1.82, 2.24) is 15.1 Å². The summed E-state index contributed by atoms with van der Waals surface area (Å²) in [6.07, 6.45) is 5.41. The summed E-state index contributed by atoms with van der Waals surface area (Å²) in [5.74, 6) is 0.724. The number of hydrogen-bond acceptors (Lipinski definition) is 2. The Hall–Kier alpha value is -0.830. The molecule has 84 valence electrons. The molecule has 0 spiro atoms. The third-order valence-electron chi connectivity index (χ3n) is 3.55. The van der Waals surface area contributed by atoms with Crippen LogP contribution in [-0.2, 0) is 13.6 Å². The molecule has 3 nitrogen and oxygen atoms in total. The summed E-state index contributed by atoms with van der Waals surface area (Å²) < 4.78 is 2.04. The summed E-state index contributed by atoms with van der Waals surface area (Å²) in [5.41, 5.74) is 4.08. The maximum atomic E-state index is 4.69. The predicted molar refractivity (Wildman–Crippen MR) is 61.9 cm³/mol. The fourth-order valence-electron chi connectivity index (χ4n) is 2.69. The van der Waals surface area contributed by atoms with E-state index in [0.29, 0.717) is 0 Å². The number of aromatic nitrogens is 2. The van der Waals surface area contributed by atoms with Gasteiger partial charge in [-0.2, -0.15) is 5.10 Å². The topological polar surface area (TPSA) is 29.9 Å². The predicted octanol–water partition coefficient (Wildman–Crippen LogP) is 2.11. The standard InChI is InChI=1S/C12H21N3/c1-9-11(8-13-2)15(3)14-12(9)10-6-4-5-7-10/h10,13H,4-8H2,1-3H3. The SMILES string of the molecule is CNCc1c(C)c(C2CCCC2)nn1C. The average Bonchev–Trinajstić information content (AvgIpc) is 2.81. The second-order valence-corrected chi connectivity index (χ2v) is 4.59. The third-order valence-corrected chi connectivity index (χ3v) is 3.55. The summed E-state index contributed by atoms with van der Waals surface area (Å²) in [5, 5.41) is 7.90. The summed E-state index contributed by atoms with van der Waals surface area (Å²) in [6, 6.07) is 0. The molecule has 0 bridgehead atoms. The lowest BCUT2D eigenvalue weighted by molar-refractivity contribution is 0.635. The van der Waals surface area contributed by atoms with Crippen LogP contribution in [0.25, 0.3) is 0 Å². The number of aryl methyl sites for hydroxylation is 1. The van der Waals surface area contributed by atoms with Gasteiger partial charge in [0.05, 0.1) is 11.4 Å². The van der Waals surface area contributed by atoms with E-state index in [1.165, 1.54) is 42.6 Å². The highest BCUT2D eigenvalue weighted by Crippen LogP contribution is 2.35. The molecule has 1 aromatic rings. The second kappa shape index (κ2) is 4.35. The van der Waals surface area contributed by atoms with Gasteiger partial charge in [0.1, 0.15) is 0 Å². The van der Waals surface area contributed by atoms with E-state index in [0.717, 1.165) is 12.5 Å². The monoisotopic (exact) mass is 207 g/mol. The van der Waals surface area contributed by atoms with Gasteiger partial charge in [-0.1, -0.05) is 12.8 Å². The molecule has 0 unspecified atom stereocenters. The molecule has 0 amide bonds. The lowest BCUT2D eigenvalue weighted by atomic mass is 10.00. The van der Waals surface area contributed by atoms with Crippen LogP contribution in [0.2, 0.25) is 0 Å². The van der Waals surface area contributed by atoms with Crippen LogP contribution in [-0.4, -0.2) is 16.8 Å². The molecule has 0 radical (unpaired) electrons. The largest absolute Gasteiger partial charge is 0.314 e. The Morgan fingerprint density at radius 1 is 1.40 bits per heavy atom. The molecule has 15 heavy (non-hydrogen) atoms. The van der Waals surface area contributed by atoms with Gasteiger partial charge >= 0.3 is 0 Å². The molecule has 3 heteroatoms. The fourth-order valence-corrected chi connectivity index (χ4v) is 2.69. The zero-order chi connectivity index (χ0) is 10.8. The molecule has 0 atom stereocenters. The molecule has 1 saturated carbocycles. The van der Waals surface area contributed by atoms with E-state index < -0.39 is 0 Å². The third kappa shape index (κ3) is 1.93. The minimum atomic E-state index is 0.724. The van der Waals surface area contributed by atoms with Crippen LogP contribution in [0.1, 0.15) is 48.6 Å². The Morgan fingerprint density at radius 2 is 2.07 bits per heavy atom. The number of rotatable bonds is 3. The minimum absolute atomic E-state index is 0.724. The molecule has 0 aliphatic heterocycles. The van der Waals surface area contributed by atoms with E-state index in [1.54, 1.807) is 0 Å². The maximum Gasteiger partial charge on any atom is 0.0687 e. The van der Waals surface area contributed by atoms with Gasteiger partial charge in [0.25, 0.3) is 0 Å². The lowest BCUT2D eigenvalue weighted by Crippen LogP contribution is -2.10. The first-order valence-corrected chi connectivity index (χ1v) is 5.91. The molecule has 1 aromatic heterocycles. The van der Waals surface area contributed by atoms with Crippen LogP contribution in [0.3, 0.4) is 0 Å². The van der Waals surface area contributed by atoms with Crippen LogP contribution in [0.15, 0.2) is 0 Å². The second-order valence-electron chi connectivity index (χ2n) is 4.59. The van der Waals surface area contributed by atoms with Gasteiger partial charge in [0.2, 0.25) is 0 Å². The normalized spacial score (nSPS) is 17.5. The smallest absolute Gasteiger partial charge is 0.0687 e. The fraction of sp³-hybridized carbons (Fsp3) is 0.750. The number of hydrogen-bond donors (Lipinski definition) is 1. The Balaban J connectivity index is 2.27. The van der Waals surface area contributed by atoms with Crippen LogP contribution < -0.4 is 5.32 Å². The van der Waals surface area contributed by atoms with Crippen molar-refractivity contribution in [2.24, 2.45) is 7.05 Å². The summed E-state index contributed by atoms with van der Waals surface area (Å²) in [6.45, 7) is 3.13. The number of nitrogens with zero attached hydrogens (tertiary/aromatic N) is 2. The molecular formula is C12H21N3. The molecule has 2 rings (SSSR count). The van der Waals surface area contributed by atoms with Gasteiger partial charge in [-0.3, -0.25) is 4.68 Å². The first-order chi connectivity index (χ1) is 7.24. The van der Waals surface area contributed by atoms with Gasteiger partial charge in [-0.25, -0.2) is 0 Å².